The van der Waals surface area contributed by atoms with Crippen molar-refractivity contribution >= 4 is 0 Å². The van der Waals surface area contributed by atoms with E-state index in [9.17, 15) is 8.78 Å². The predicted octanol–water partition coefficient (Wildman–Crippen LogP) is 9.14. The van der Waals surface area contributed by atoms with Crippen LogP contribution in [0.4, 0.5) is 13.2 Å². The molecule has 0 radical (unpaired) electrons. The summed E-state index contributed by atoms with van der Waals surface area (Å²) in [7, 11) is 0. The second-order valence-electron chi connectivity index (χ2n) is 9.83. The summed E-state index contributed by atoms with van der Waals surface area (Å²) in [6, 6.07) is 15.8. The van der Waals surface area contributed by atoms with Gasteiger partial charge in [0.05, 0.1) is 6.61 Å². The standard InChI is InChI=1S/C31H31F3O/c1-2-3-4-5-20-6-8-22(9-7-20)25-15-14-24(18-28(25)32)21-10-12-23(13-11-21)26-16-17-27(29-19-35-29)31(34)30(26)33/h2-3,10-18,20,22,29H,4-9,19H2,1H3/b3-2+. The molecule has 3 aromatic rings. The van der Waals surface area contributed by atoms with E-state index in [2.05, 4.69) is 19.1 Å². The number of rotatable bonds is 7. The molecule has 2 fully saturated rings. The Hall–Kier alpha value is -2.85. The number of epoxide rings is 1. The number of ether oxygens (including phenoxy) is 1. The average Bonchev–Trinajstić information content (AvgIpc) is 3.72. The molecule has 1 saturated heterocycles. The SMILES string of the molecule is C/C=C/CCC1CCC(c2ccc(-c3ccc(-c4ccc(C5CO5)c(F)c4F)cc3)cc2F)CC1. The van der Waals surface area contributed by atoms with Crippen LogP contribution in [-0.2, 0) is 4.74 Å². The first-order valence-corrected chi connectivity index (χ1v) is 12.7. The number of hydrogen-bond acceptors (Lipinski definition) is 1. The third-order valence-corrected chi connectivity index (χ3v) is 7.59. The molecule has 1 aliphatic carbocycles. The van der Waals surface area contributed by atoms with Crippen molar-refractivity contribution < 1.29 is 17.9 Å². The van der Waals surface area contributed by atoms with Gasteiger partial charge >= 0.3 is 0 Å². The molecule has 35 heavy (non-hydrogen) atoms. The zero-order chi connectivity index (χ0) is 24.4. The second kappa shape index (κ2) is 10.4. The molecular weight excluding hydrogens is 445 g/mol. The Morgan fingerprint density at radius 2 is 1.46 bits per heavy atom. The lowest BCUT2D eigenvalue weighted by molar-refractivity contribution is 0.308. The van der Waals surface area contributed by atoms with Crippen molar-refractivity contribution in [3.8, 4) is 22.3 Å². The molecule has 1 heterocycles. The predicted molar refractivity (Wildman–Crippen MR) is 135 cm³/mol. The molecular formula is C31H31F3O. The molecule has 0 aromatic heterocycles. The molecule has 2 aliphatic rings. The lowest BCUT2D eigenvalue weighted by atomic mass is 9.77. The Kier molecular flexibility index (Phi) is 7.10. The van der Waals surface area contributed by atoms with Crippen LogP contribution in [0.5, 0.6) is 0 Å². The average molecular weight is 477 g/mol. The molecule has 1 nitrogen and oxygen atoms in total. The maximum atomic E-state index is 15.1. The smallest absolute Gasteiger partial charge is 0.167 e. The summed E-state index contributed by atoms with van der Waals surface area (Å²) < 4.78 is 49.2. The molecule has 0 N–H and O–H groups in total. The summed E-state index contributed by atoms with van der Waals surface area (Å²) in [5.41, 5.74) is 3.50. The van der Waals surface area contributed by atoms with Gasteiger partial charge in [-0.25, -0.2) is 13.2 Å². The van der Waals surface area contributed by atoms with E-state index >= 15 is 4.39 Å². The highest BCUT2D eigenvalue weighted by Crippen LogP contribution is 2.40. The summed E-state index contributed by atoms with van der Waals surface area (Å²) in [6.45, 7) is 2.49. The molecule has 0 bridgehead atoms. The van der Waals surface area contributed by atoms with E-state index in [0.717, 1.165) is 54.7 Å². The van der Waals surface area contributed by atoms with E-state index in [1.54, 1.807) is 30.3 Å². The van der Waals surface area contributed by atoms with Gasteiger partial charge in [-0.1, -0.05) is 60.7 Å². The molecule has 0 amide bonds. The van der Waals surface area contributed by atoms with E-state index in [1.165, 1.54) is 6.42 Å². The van der Waals surface area contributed by atoms with Crippen LogP contribution in [0.3, 0.4) is 0 Å². The Balaban J connectivity index is 1.27. The van der Waals surface area contributed by atoms with E-state index < -0.39 is 11.6 Å². The van der Waals surface area contributed by atoms with Gasteiger partial charge in [0.25, 0.3) is 0 Å². The summed E-state index contributed by atoms with van der Waals surface area (Å²) in [4.78, 5) is 0. The zero-order valence-corrected chi connectivity index (χ0v) is 20.1. The molecule has 182 valence electrons. The van der Waals surface area contributed by atoms with Gasteiger partial charge in [-0.15, -0.1) is 0 Å². The van der Waals surface area contributed by atoms with E-state index in [0.29, 0.717) is 12.2 Å². The van der Waals surface area contributed by atoms with Crippen LogP contribution >= 0.6 is 0 Å². The van der Waals surface area contributed by atoms with Crippen molar-refractivity contribution in [1.29, 1.82) is 0 Å². The summed E-state index contributed by atoms with van der Waals surface area (Å²) in [6.07, 6.45) is 10.8. The van der Waals surface area contributed by atoms with Crippen LogP contribution in [0.25, 0.3) is 22.3 Å². The van der Waals surface area contributed by atoms with Gasteiger partial charge in [0, 0.05) is 11.1 Å². The first kappa shape index (κ1) is 23.9. The molecule has 0 spiro atoms. The van der Waals surface area contributed by atoms with Gasteiger partial charge in [-0.2, -0.15) is 0 Å². The molecule has 3 aromatic carbocycles. The topological polar surface area (TPSA) is 12.5 Å². The fourth-order valence-corrected chi connectivity index (χ4v) is 5.40. The lowest BCUT2D eigenvalue weighted by Crippen LogP contribution is -2.14. The van der Waals surface area contributed by atoms with Gasteiger partial charge in [0.15, 0.2) is 11.6 Å². The second-order valence-corrected chi connectivity index (χ2v) is 9.83. The summed E-state index contributed by atoms with van der Waals surface area (Å²) in [5.74, 6) is -0.836. The van der Waals surface area contributed by atoms with Crippen LogP contribution in [0, 0.1) is 23.4 Å². The Morgan fingerprint density at radius 1 is 0.800 bits per heavy atom. The molecule has 4 heteroatoms. The fourth-order valence-electron chi connectivity index (χ4n) is 5.40. The monoisotopic (exact) mass is 476 g/mol. The number of allylic oxidation sites excluding steroid dienone is 2. The maximum Gasteiger partial charge on any atom is 0.167 e. The normalized spacial score (nSPS) is 22.0. The highest BCUT2D eigenvalue weighted by atomic mass is 19.2. The third kappa shape index (κ3) is 5.23. The highest BCUT2D eigenvalue weighted by molar-refractivity contribution is 5.71. The summed E-state index contributed by atoms with van der Waals surface area (Å²) in [5, 5.41) is 0. The van der Waals surface area contributed by atoms with Gasteiger partial charge < -0.3 is 4.74 Å². The highest BCUT2D eigenvalue weighted by Gasteiger charge is 2.30. The van der Waals surface area contributed by atoms with E-state index in [4.69, 9.17) is 4.74 Å². The minimum absolute atomic E-state index is 0.157. The minimum Gasteiger partial charge on any atom is -0.368 e. The number of benzene rings is 3. The van der Waals surface area contributed by atoms with Gasteiger partial charge in [0.2, 0.25) is 0 Å². The third-order valence-electron chi connectivity index (χ3n) is 7.59. The number of hydrogen-bond donors (Lipinski definition) is 0. The Bertz CT molecular complexity index is 1200. The Morgan fingerprint density at radius 3 is 2.11 bits per heavy atom. The van der Waals surface area contributed by atoms with Gasteiger partial charge in [-0.05, 0) is 85.6 Å². The van der Waals surface area contributed by atoms with Crippen molar-refractivity contribution in [2.45, 2.75) is 57.5 Å². The first-order chi connectivity index (χ1) is 17.0. The largest absolute Gasteiger partial charge is 0.368 e. The van der Waals surface area contributed by atoms with Crippen molar-refractivity contribution in [2.75, 3.05) is 6.61 Å². The fraction of sp³-hybridized carbons (Fsp3) is 0.355. The van der Waals surface area contributed by atoms with Crippen LogP contribution in [0.15, 0.2) is 66.7 Å². The first-order valence-electron chi connectivity index (χ1n) is 12.7. The van der Waals surface area contributed by atoms with E-state index in [1.807, 2.05) is 24.3 Å². The molecule has 5 rings (SSSR count). The molecule has 1 atom stereocenters. The van der Waals surface area contributed by atoms with Gasteiger partial charge in [0.1, 0.15) is 11.9 Å². The van der Waals surface area contributed by atoms with Crippen LogP contribution in [-0.4, -0.2) is 6.61 Å². The Labute approximate surface area is 205 Å². The van der Waals surface area contributed by atoms with Crippen molar-refractivity contribution in [3.05, 3.63) is 95.3 Å². The maximum absolute atomic E-state index is 15.1. The van der Waals surface area contributed by atoms with Crippen LogP contribution in [0.1, 0.15) is 68.6 Å². The van der Waals surface area contributed by atoms with E-state index in [-0.39, 0.29) is 29.0 Å². The van der Waals surface area contributed by atoms with Crippen molar-refractivity contribution in [1.82, 2.24) is 0 Å². The molecule has 1 saturated carbocycles. The van der Waals surface area contributed by atoms with Gasteiger partial charge in [-0.3, -0.25) is 0 Å². The zero-order valence-electron chi connectivity index (χ0n) is 20.1. The molecule has 1 aliphatic heterocycles. The van der Waals surface area contributed by atoms with Crippen LogP contribution in [0.2, 0.25) is 0 Å². The quantitative estimate of drug-likeness (QED) is 0.245. The summed E-state index contributed by atoms with van der Waals surface area (Å²) >= 11 is 0. The van der Waals surface area contributed by atoms with Crippen molar-refractivity contribution in [2.24, 2.45) is 5.92 Å². The molecule has 1 unspecified atom stereocenters. The minimum atomic E-state index is -0.863. The van der Waals surface area contributed by atoms with Crippen LogP contribution < -0.4 is 0 Å². The number of halogens is 3. The lowest BCUT2D eigenvalue weighted by Gasteiger charge is -2.29. The van der Waals surface area contributed by atoms with Crippen molar-refractivity contribution in [3.63, 3.8) is 0 Å².